The Balaban J connectivity index is 1.75. The molecule has 2 amide bonds. The summed E-state index contributed by atoms with van der Waals surface area (Å²) >= 11 is 0. The minimum atomic E-state index is -0.449. The Labute approximate surface area is 130 Å². The number of para-hydroxylation sites is 1. The average Bonchev–Trinajstić information content (AvgIpc) is 2.47. The lowest BCUT2D eigenvalue weighted by Gasteiger charge is -2.33. The second kappa shape index (κ2) is 8.10. The third-order valence-electron chi connectivity index (χ3n) is 3.46. The summed E-state index contributed by atoms with van der Waals surface area (Å²) in [5, 5.41) is 5.23. The van der Waals surface area contributed by atoms with E-state index in [1.54, 1.807) is 12.1 Å². The predicted molar refractivity (Wildman–Crippen MR) is 84.4 cm³/mol. The Kier molecular flexibility index (Phi) is 6.15. The summed E-state index contributed by atoms with van der Waals surface area (Å²) in [7, 11) is 0. The number of benzene rings is 1. The highest BCUT2D eigenvalue weighted by molar-refractivity contribution is 5.89. The van der Waals surface area contributed by atoms with Gasteiger partial charge >= 0.3 is 6.03 Å². The normalized spacial score (nSPS) is 19.2. The number of urea groups is 1. The number of carbonyl (C=O) groups excluding carboxylic acids is 1. The number of hydrogen-bond donors (Lipinski definition) is 2. The van der Waals surface area contributed by atoms with Crippen molar-refractivity contribution in [3.05, 3.63) is 30.1 Å². The van der Waals surface area contributed by atoms with E-state index in [-0.39, 0.29) is 11.8 Å². The third kappa shape index (κ3) is 5.27. The van der Waals surface area contributed by atoms with Gasteiger partial charge in [0.05, 0.1) is 18.4 Å². The molecule has 0 spiro atoms. The summed E-state index contributed by atoms with van der Waals surface area (Å²) in [6.07, 6.45) is -0.0288. The van der Waals surface area contributed by atoms with Gasteiger partial charge in [0.15, 0.2) is 0 Å². The maximum absolute atomic E-state index is 13.4. The standard InChI is InChI=1S/C16H24FN3O2/c1-12(2)10-20-7-8-22-13(11-20)9-18-16(21)19-15-6-4-3-5-14(15)17/h3-6,12-13H,7-11H2,1-2H3,(H2,18,19,21)/t13-/m1/s1. The number of anilines is 1. The largest absolute Gasteiger partial charge is 0.374 e. The van der Waals surface area contributed by atoms with Crippen molar-refractivity contribution in [2.75, 3.05) is 38.1 Å². The van der Waals surface area contributed by atoms with E-state index in [0.29, 0.717) is 19.1 Å². The van der Waals surface area contributed by atoms with Crippen LogP contribution in [0.25, 0.3) is 0 Å². The molecule has 1 saturated heterocycles. The number of nitrogens with zero attached hydrogens (tertiary/aromatic N) is 1. The maximum atomic E-state index is 13.4. The number of morpholine rings is 1. The molecule has 0 radical (unpaired) electrons. The van der Waals surface area contributed by atoms with Crippen molar-refractivity contribution in [3.8, 4) is 0 Å². The molecule has 2 rings (SSSR count). The summed E-state index contributed by atoms with van der Waals surface area (Å²) in [6.45, 7) is 8.22. The fourth-order valence-corrected chi connectivity index (χ4v) is 2.52. The van der Waals surface area contributed by atoms with E-state index < -0.39 is 11.8 Å². The monoisotopic (exact) mass is 309 g/mol. The first-order chi connectivity index (χ1) is 10.5. The van der Waals surface area contributed by atoms with Gasteiger partial charge in [0, 0.05) is 26.2 Å². The lowest BCUT2D eigenvalue weighted by atomic mass is 10.2. The fourth-order valence-electron chi connectivity index (χ4n) is 2.52. The van der Waals surface area contributed by atoms with Gasteiger partial charge in [0.2, 0.25) is 0 Å². The number of ether oxygens (including phenoxy) is 1. The van der Waals surface area contributed by atoms with Gasteiger partial charge in [0.1, 0.15) is 5.82 Å². The van der Waals surface area contributed by atoms with E-state index in [1.165, 1.54) is 12.1 Å². The molecule has 1 heterocycles. The van der Waals surface area contributed by atoms with E-state index in [2.05, 4.69) is 29.4 Å². The summed E-state index contributed by atoms with van der Waals surface area (Å²) in [5.41, 5.74) is 0.172. The summed E-state index contributed by atoms with van der Waals surface area (Å²) in [6, 6.07) is 5.67. The molecule has 2 N–H and O–H groups in total. The Morgan fingerprint density at radius 3 is 2.95 bits per heavy atom. The second-order valence-electron chi connectivity index (χ2n) is 5.96. The smallest absolute Gasteiger partial charge is 0.319 e. The third-order valence-corrected chi connectivity index (χ3v) is 3.46. The molecule has 1 aliphatic heterocycles. The fraction of sp³-hybridized carbons (Fsp3) is 0.562. The van der Waals surface area contributed by atoms with Gasteiger partial charge < -0.3 is 15.4 Å². The van der Waals surface area contributed by atoms with Crippen LogP contribution in [0.4, 0.5) is 14.9 Å². The molecule has 122 valence electrons. The van der Waals surface area contributed by atoms with Crippen molar-refractivity contribution in [1.29, 1.82) is 0 Å². The van der Waals surface area contributed by atoms with E-state index in [1.807, 2.05) is 0 Å². The molecule has 22 heavy (non-hydrogen) atoms. The van der Waals surface area contributed by atoms with Crippen molar-refractivity contribution in [2.45, 2.75) is 20.0 Å². The van der Waals surface area contributed by atoms with Gasteiger partial charge in [-0.3, -0.25) is 4.90 Å². The van der Waals surface area contributed by atoms with Gasteiger partial charge in [0.25, 0.3) is 0 Å². The molecule has 1 aromatic rings. The number of rotatable bonds is 5. The number of hydrogen-bond acceptors (Lipinski definition) is 3. The van der Waals surface area contributed by atoms with Crippen LogP contribution in [0.5, 0.6) is 0 Å². The highest BCUT2D eigenvalue weighted by Gasteiger charge is 2.21. The Morgan fingerprint density at radius 2 is 2.23 bits per heavy atom. The number of amides is 2. The predicted octanol–water partition coefficient (Wildman–Crippen LogP) is 2.30. The molecule has 1 atom stereocenters. The van der Waals surface area contributed by atoms with E-state index in [9.17, 15) is 9.18 Å². The first-order valence-corrected chi connectivity index (χ1v) is 7.68. The molecule has 0 bridgehead atoms. The van der Waals surface area contributed by atoms with Crippen molar-refractivity contribution in [1.82, 2.24) is 10.2 Å². The highest BCUT2D eigenvalue weighted by Crippen LogP contribution is 2.12. The highest BCUT2D eigenvalue weighted by atomic mass is 19.1. The van der Waals surface area contributed by atoms with E-state index in [0.717, 1.165) is 19.6 Å². The SMILES string of the molecule is CC(C)CN1CCO[C@H](CNC(=O)Nc2ccccc2F)C1. The topological polar surface area (TPSA) is 53.6 Å². The summed E-state index contributed by atoms with van der Waals surface area (Å²) in [4.78, 5) is 14.2. The van der Waals surface area contributed by atoms with Gasteiger partial charge in [-0.25, -0.2) is 9.18 Å². The molecule has 1 aromatic carbocycles. The van der Waals surface area contributed by atoms with Crippen LogP contribution in [0.1, 0.15) is 13.8 Å². The first kappa shape index (κ1) is 16.7. The Hall–Kier alpha value is -1.66. The van der Waals surface area contributed by atoms with Crippen LogP contribution in [0, 0.1) is 11.7 Å². The van der Waals surface area contributed by atoms with E-state index in [4.69, 9.17) is 4.74 Å². The van der Waals surface area contributed by atoms with Crippen molar-refractivity contribution >= 4 is 11.7 Å². The molecule has 0 aromatic heterocycles. The lowest BCUT2D eigenvalue weighted by molar-refractivity contribution is -0.0288. The first-order valence-electron chi connectivity index (χ1n) is 7.68. The van der Waals surface area contributed by atoms with Gasteiger partial charge in [-0.15, -0.1) is 0 Å². The van der Waals surface area contributed by atoms with Gasteiger partial charge in [-0.1, -0.05) is 26.0 Å². The van der Waals surface area contributed by atoms with Crippen LogP contribution in [0.15, 0.2) is 24.3 Å². The van der Waals surface area contributed by atoms with Crippen LogP contribution in [0.2, 0.25) is 0 Å². The second-order valence-corrected chi connectivity index (χ2v) is 5.96. The zero-order valence-corrected chi connectivity index (χ0v) is 13.1. The molecule has 6 heteroatoms. The zero-order chi connectivity index (χ0) is 15.9. The summed E-state index contributed by atoms with van der Waals surface area (Å²) < 4.78 is 19.1. The lowest BCUT2D eigenvalue weighted by Crippen LogP contribution is -2.48. The van der Waals surface area contributed by atoms with Gasteiger partial charge in [-0.05, 0) is 18.1 Å². The van der Waals surface area contributed by atoms with Crippen LogP contribution < -0.4 is 10.6 Å². The van der Waals surface area contributed by atoms with Crippen LogP contribution >= 0.6 is 0 Å². The van der Waals surface area contributed by atoms with Crippen molar-refractivity contribution in [3.63, 3.8) is 0 Å². The Morgan fingerprint density at radius 1 is 1.45 bits per heavy atom. The van der Waals surface area contributed by atoms with E-state index >= 15 is 0 Å². The maximum Gasteiger partial charge on any atom is 0.319 e. The van der Waals surface area contributed by atoms with Crippen molar-refractivity contribution in [2.24, 2.45) is 5.92 Å². The minimum absolute atomic E-state index is 0.0288. The van der Waals surface area contributed by atoms with Gasteiger partial charge in [-0.2, -0.15) is 0 Å². The molecule has 1 aliphatic rings. The summed E-state index contributed by atoms with van der Waals surface area (Å²) in [5.74, 6) is 0.158. The van der Waals surface area contributed by atoms with Crippen LogP contribution in [0.3, 0.4) is 0 Å². The molecule has 0 aliphatic carbocycles. The average molecular weight is 309 g/mol. The molecular weight excluding hydrogens is 285 g/mol. The quantitative estimate of drug-likeness (QED) is 0.877. The molecule has 1 fully saturated rings. The molecule has 5 nitrogen and oxygen atoms in total. The molecule has 0 saturated carbocycles. The molecular formula is C16H24FN3O2. The number of nitrogens with one attached hydrogen (secondary N) is 2. The Bertz CT molecular complexity index is 496. The number of carbonyl (C=O) groups is 1. The van der Waals surface area contributed by atoms with Crippen molar-refractivity contribution < 1.29 is 13.9 Å². The minimum Gasteiger partial charge on any atom is -0.374 e. The van der Waals surface area contributed by atoms with Crippen LogP contribution in [-0.4, -0.2) is 49.8 Å². The zero-order valence-electron chi connectivity index (χ0n) is 13.1. The van der Waals surface area contributed by atoms with Crippen LogP contribution in [-0.2, 0) is 4.74 Å². The number of halogens is 1. The molecule has 0 unspecified atom stereocenters.